The molecule has 1 aromatic carbocycles. The molecule has 0 N–H and O–H groups in total. The van der Waals surface area contributed by atoms with E-state index in [4.69, 9.17) is 0 Å². The molecule has 0 heterocycles. The Kier molecular flexibility index (Phi) is 2.64. The predicted octanol–water partition coefficient (Wildman–Crippen LogP) is 3.52. The van der Waals surface area contributed by atoms with Crippen molar-refractivity contribution >= 4 is 8.46 Å². The van der Waals surface area contributed by atoms with Crippen molar-refractivity contribution in [3.05, 3.63) is 35.4 Å². The number of hydrogen-bond donors (Lipinski definition) is 0. The molecule has 0 fully saturated rings. The molecule has 0 saturated heterocycles. The molecule has 0 aliphatic rings. The fourth-order valence-electron chi connectivity index (χ4n) is 1.31. The zero-order valence-electron chi connectivity index (χ0n) is 7.66. The summed E-state index contributed by atoms with van der Waals surface area (Å²) in [6.45, 7) is 6.00. The van der Waals surface area contributed by atoms with Crippen LogP contribution in [0.5, 0.6) is 0 Å². The van der Waals surface area contributed by atoms with Crippen LogP contribution in [-0.2, 0) is 9.72 Å². The lowest BCUT2D eigenvalue weighted by molar-refractivity contribution is 0.575. The molecule has 1 aromatic rings. The summed E-state index contributed by atoms with van der Waals surface area (Å²) in [7, 11) is 0.176. The predicted molar refractivity (Wildman–Crippen MR) is 51.8 cm³/mol. The van der Waals surface area contributed by atoms with Crippen molar-refractivity contribution in [3.63, 3.8) is 0 Å². The maximum absolute atomic E-state index is 10.9. The van der Waals surface area contributed by atoms with Crippen LogP contribution in [0, 0.1) is 6.92 Å². The van der Waals surface area contributed by atoms with Gasteiger partial charge in [0.1, 0.15) is 0 Å². The van der Waals surface area contributed by atoms with Gasteiger partial charge in [0.15, 0.2) is 8.46 Å². The molecular formula is C10H13OP. The molecule has 0 aliphatic heterocycles. The Hall–Kier alpha value is -0.680. The van der Waals surface area contributed by atoms with Gasteiger partial charge in [0.05, 0.1) is 5.16 Å². The van der Waals surface area contributed by atoms with E-state index in [0.717, 1.165) is 5.56 Å². The first-order valence-corrected chi connectivity index (χ1v) is 4.80. The van der Waals surface area contributed by atoms with E-state index in [9.17, 15) is 4.57 Å². The van der Waals surface area contributed by atoms with Crippen LogP contribution in [0.4, 0.5) is 0 Å². The summed E-state index contributed by atoms with van der Waals surface area (Å²) >= 11 is 0. The Bertz CT molecular complexity index is 292. The molecule has 0 atom stereocenters. The maximum atomic E-state index is 10.9. The smallest absolute Gasteiger partial charge is 0.166 e. The molecule has 0 aromatic heterocycles. The maximum Gasteiger partial charge on any atom is 0.166 e. The van der Waals surface area contributed by atoms with Crippen molar-refractivity contribution in [2.75, 3.05) is 0 Å². The summed E-state index contributed by atoms with van der Waals surface area (Å²) in [5, 5.41) is -0.259. The first-order valence-electron chi connectivity index (χ1n) is 3.98. The number of hydrogen-bond acceptors (Lipinski definition) is 1. The number of benzene rings is 1. The van der Waals surface area contributed by atoms with Crippen LogP contribution in [0.3, 0.4) is 0 Å². The summed E-state index contributed by atoms with van der Waals surface area (Å²) in [6, 6.07) is 8.05. The largest absolute Gasteiger partial charge is 0.274 e. The van der Waals surface area contributed by atoms with Gasteiger partial charge in [-0.25, -0.2) is 0 Å². The van der Waals surface area contributed by atoms with Gasteiger partial charge in [-0.2, -0.15) is 0 Å². The van der Waals surface area contributed by atoms with Crippen LogP contribution in [0.25, 0.3) is 0 Å². The van der Waals surface area contributed by atoms with Crippen molar-refractivity contribution in [1.82, 2.24) is 0 Å². The minimum absolute atomic E-state index is 0.176. The van der Waals surface area contributed by atoms with Crippen LogP contribution in [-0.4, -0.2) is 0 Å². The van der Waals surface area contributed by atoms with Crippen molar-refractivity contribution < 1.29 is 4.57 Å². The third kappa shape index (κ3) is 1.73. The Labute approximate surface area is 75.0 Å². The molecule has 0 unspecified atom stereocenters. The molecule has 1 nitrogen and oxygen atoms in total. The van der Waals surface area contributed by atoms with Gasteiger partial charge in [-0.1, -0.05) is 24.3 Å². The summed E-state index contributed by atoms with van der Waals surface area (Å²) in [5.74, 6) is 0. The molecule has 0 aliphatic carbocycles. The molecule has 0 bridgehead atoms. The van der Waals surface area contributed by atoms with Gasteiger partial charge in [0.2, 0.25) is 0 Å². The van der Waals surface area contributed by atoms with Crippen LogP contribution in [0.1, 0.15) is 25.0 Å². The fraction of sp³-hybridized carbons (Fsp3) is 0.400. The Balaban J connectivity index is 3.19. The Morgan fingerprint density at radius 1 is 1.25 bits per heavy atom. The number of rotatable bonds is 2. The lowest BCUT2D eigenvalue weighted by Crippen LogP contribution is -2.09. The quantitative estimate of drug-likeness (QED) is 0.636. The van der Waals surface area contributed by atoms with E-state index in [-0.39, 0.29) is 13.6 Å². The first kappa shape index (κ1) is 9.41. The first-order chi connectivity index (χ1) is 5.58. The fourth-order valence-corrected chi connectivity index (χ4v) is 1.66. The molecule has 64 valence electrons. The molecule has 0 radical (unpaired) electrons. The molecule has 2 heteroatoms. The van der Waals surface area contributed by atoms with E-state index in [2.05, 4.69) is 0 Å². The van der Waals surface area contributed by atoms with Gasteiger partial charge in [-0.15, -0.1) is 0 Å². The summed E-state index contributed by atoms with van der Waals surface area (Å²) in [4.78, 5) is 0. The second kappa shape index (κ2) is 3.37. The van der Waals surface area contributed by atoms with Gasteiger partial charge in [-0.05, 0) is 31.9 Å². The minimum atomic E-state index is -0.259. The normalized spacial score (nSPS) is 11.9. The zero-order valence-corrected chi connectivity index (χ0v) is 8.56. The van der Waals surface area contributed by atoms with E-state index in [1.54, 1.807) is 0 Å². The third-order valence-electron chi connectivity index (χ3n) is 2.03. The molecule has 0 saturated carbocycles. The summed E-state index contributed by atoms with van der Waals surface area (Å²) in [5.41, 5.74) is 2.35. The second-order valence-electron chi connectivity index (χ2n) is 3.47. The monoisotopic (exact) mass is 180 g/mol. The SMILES string of the molecule is Cc1ccccc1C(C)(C)P=O. The molecule has 0 spiro atoms. The van der Waals surface area contributed by atoms with Crippen molar-refractivity contribution in [3.8, 4) is 0 Å². The lowest BCUT2D eigenvalue weighted by Gasteiger charge is -2.18. The second-order valence-corrected chi connectivity index (χ2v) is 4.77. The topological polar surface area (TPSA) is 17.1 Å². The van der Waals surface area contributed by atoms with Crippen LogP contribution in [0.2, 0.25) is 0 Å². The summed E-state index contributed by atoms with van der Waals surface area (Å²) in [6.07, 6.45) is 0. The highest BCUT2D eigenvalue weighted by molar-refractivity contribution is 7.25. The Morgan fingerprint density at radius 3 is 2.33 bits per heavy atom. The minimum Gasteiger partial charge on any atom is -0.274 e. The van der Waals surface area contributed by atoms with E-state index in [1.165, 1.54) is 5.56 Å². The van der Waals surface area contributed by atoms with Gasteiger partial charge in [0, 0.05) is 0 Å². The number of aryl methyl sites for hydroxylation is 1. The highest BCUT2D eigenvalue weighted by Gasteiger charge is 2.21. The lowest BCUT2D eigenvalue weighted by atomic mass is 9.97. The molecule has 0 amide bonds. The molecule has 12 heavy (non-hydrogen) atoms. The highest BCUT2D eigenvalue weighted by atomic mass is 31.1. The third-order valence-corrected chi connectivity index (χ3v) is 2.73. The van der Waals surface area contributed by atoms with Gasteiger partial charge >= 0.3 is 0 Å². The van der Waals surface area contributed by atoms with Crippen LogP contribution < -0.4 is 0 Å². The van der Waals surface area contributed by atoms with E-state index < -0.39 is 0 Å². The Morgan fingerprint density at radius 2 is 1.83 bits per heavy atom. The van der Waals surface area contributed by atoms with Gasteiger partial charge in [0.25, 0.3) is 0 Å². The average Bonchev–Trinajstić information content (AvgIpc) is 2.05. The van der Waals surface area contributed by atoms with Crippen molar-refractivity contribution in [1.29, 1.82) is 0 Å². The van der Waals surface area contributed by atoms with E-state index in [0.29, 0.717) is 0 Å². The van der Waals surface area contributed by atoms with Crippen molar-refractivity contribution in [2.24, 2.45) is 0 Å². The molecule has 1 rings (SSSR count). The van der Waals surface area contributed by atoms with Gasteiger partial charge in [-0.3, -0.25) is 4.57 Å². The van der Waals surface area contributed by atoms with E-state index in [1.807, 2.05) is 45.0 Å². The zero-order chi connectivity index (χ0) is 9.19. The standard InChI is InChI=1S/C10H13OP/c1-8-6-4-5-7-9(8)10(2,3)12-11/h4-7H,1-3H3. The van der Waals surface area contributed by atoms with Crippen LogP contribution >= 0.6 is 8.46 Å². The van der Waals surface area contributed by atoms with Crippen molar-refractivity contribution in [2.45, 2.75) is 25.9 Å². The summed E-state index contributed by atoms with van der Waals surface area (Å²) < 4.78 is 10.9. The van der Waals surface area contributed by atoms with Crippen LogP contribution in [0.15, 0.2) is 24.3 Å². The average molecular weight is 180 g/mol. The highest BCUT2D eigenvalue weighted by Crippen LogP contribution is 2.35. The van der Waals surface area contributed by atoms with E-state index >= 15 is 0 Å². The molecular weight excluding hydrogens is 167 g/mol. The van der Waals surface area contributed by atoms with Gasteiger partial charge < -0.3 is 0 Å².